The molecule has 0 aromatic heterocycles. The molecule has 9 heteroatoms. The predicted octanol–water partition coefficient (Wildman–Crippen LogP) is 1.97. The van der Waals surface area contributed by atoms with E-state index in [9.17, 15) is 8.42 Å². The topological polar surface area (TPSA) is 114 Å². The number of nitrogens with two attached hydrogens (primary N) is 2. The van der Waals surface area contributed by atoms with Crippen LogP contribution in [0.15, 0.2) is 69.6 Å². The van der Waals surface area contributed by atoms with Crippen molar-refractivity contribution in [1.82, 2.24) is 5.01 Å². The van der Waals surface area contributed by atoms with Crippen LogP contribution >= 0.6 is 11.8 Å². The first-order valence-corrected chi connectivity index (χ1v) is 9.43. The summed E-state index contributed by atoms with van der Waals surface area (Å²) in [4.78, 5) is 4.32. The van der Waals surface area contributed by atoms with Gasteiger partial charge in [-0.05, 0) is 29.8 Å². The van der Waals surface area contributed by atoms with Crippen LogP contribution in [-0.4, -0.2) is 24.9 Å². The second-order valence-corrected chi connectivity index (χ2v) is 7.46. The van der Waals surface area contributed by atoms with E-state index in [0.717, 1.165) is 5.56 Å². The van der Waals surface area contributed by atoms with Crippen molar-refractivity contribution < 1.29 is 8.42 Å². The third-order valence-corrected chi connectivity index (χ3v) is 5.19. The third kappa shape index (κ3) is 3.58. The summed E-state index contributed by atoms with van der Waals surface area (Å²) >= 11 is 1.53. The van der Waals surface area contributed by atoms with Crippen LogP contribution in [0.1, 0.15) is 10.9 Å². The Labute approximate surface area is 144 Å². The second kappa shape index (κ2) is 6.63. The lowest BCUT2D eigenvalue weighted by Crippen LogP contribution is -2.32. The second-order valence-electron chi connectivity index (χ2n) is 4.97. The minimum atomic E-state index is -3.73. The molecule has 0 bridgehead atoms. The number of benzene rings is 2. The van der Waals surface area contributed by atoms with Crippen LogP contribution in [0.3, 0.4) is 0 Å². The van der Waals surface area contributed by atoms with E-state index in [4.69, 9.17) is 10.9 Å². The van der Waals surface area contributed by atoms with Crippen molar-refractivity contribution in [1.29, 1.82) is 0 Å². The zero-order valence-electron chi connectivity index (χ0n) is 12.5. The van der Waals surface area contributed by atoms with Gasteiger partial charge in [0.25, 0.3) is 0 Å². The number of guanidine groups is 1. The predicted molar refractivity (Wildman–Crippen MR) is 96.2 cm³/mol. The lowest BCUT2D eigenvalue weighted by molar-refractivity contribution is 0.435. The van der Waals surface area contributed by atoms with Gasteiger partial charge in [0.2, 0.25) is 16.0 Å². The Morgan fingerprint density at radius 1 is 1.12 bits per heavy atom. The summed E-state index contributed by atoms with van der Waals surface area (Å²) in [6.45, 7) is 0. The number of sulfonamides is 1. The molecule has 0 amide bonds. The fourth-order valence-electron chi connectivity index (χ4n) is 2.16. The highest BCUT2D eigenvalue weighted by Gasteiger charge is 2.26. The maximum absolute atomic E-state index is 11.3. The van der Waals surface area contributed by atoms with E-state index in [2.05, 4.69) is 10.1 Å². The van der Waals surface area contributed by atoms with Crippen LogP contribution in [-0.2, 0) is 10.0 Å². The average molecular weight is 361 g/mol. The van der Waals surface area contributed by atoms with Gasteiger partial charge in [-0.3, -0.25) is 0 Å². The number of thioether (sulfide) groups is 1. The summed E-state index contributed by atoms with van der Waals surface area (Å²) in [6, 6.07) is 15.7. The molecule has 1 aliphatic heterocycles. The third-order valence-electron chi connectivity index (χ3n) is 3.31. The Kier molecular flexibility index (Phi) is 4.56. The summed E-state index contributed by atoms with van der Waals surface area (Å²) in [6.07, 6.45) is 0. The number of hydrazone groups is 1. The van der Waals surface area contributed by atoms with Crippen molar-refractivity contribution in [3.05, 3.63) is 60.2 Å². The minimum Gasteiger partial charge on any atom is -0.368 e. The van der Waals surface area contributed by atoms with E-state index < -0.39 is 10.0 Å². The first-order chi connectivity index (χ1) is 11.4. The molecule has 0 spiro atoms. The average Bonchev–Trinajstić information content (AvgIpc) is 3.05. The van der Waals surface area contributed by atoms with E-state index in [1.807, 2.05) is 30.3 Å². The maximum Gasteiger partial charge on any atom is 0.238 e. The molecule has 1 aliphatic rings. The normalized spacial score (nSPS) is 18.1. The minimum absolute atomic E-state index is 0.0249. The van der Waals surface area contributed by atoms with Crippen molar-refractivity contribution >= 4 is 39.0 Å². The van der Waals surface area contributed by atoms with Gasteiger partial charge in [-0.2, -0.15) is 5.10 Å². The van der Waals surface area contributed by atoms with Gasteiger partial charge < -0.3 is 5.73 Å². The Bertz CT molecular complexity index is 880. The molecule has 2 aromatic carbocycles. The molecule has 2 aromatic rings. The molecule has 0 radical (unpaired) electrons. The molecule has 3 rings (SSSR count). The van der Waals surface area contributed by atoms with Crippen molar-refractivity contribution in [3.8, 4) is 0 Å². The molecule has 0 fully saturated rings. The maximum atomic E-state index is 11.3. The van der Waals surface area contributed by atoms with Crippen LogP contribution < -0.4 is 10.9 Å². The summed E-state index contributed by atoms with van der Waals surface area (Å²) in [5.74, 6) is 0.216. The lowest BCUT2D eigenvalue weighted by atomic mass is 10.2. The SMILES string of the molecule is NC(=Nc1ccc(S(N)(=O)=O)cc1)N1N=CSC1c1ccccc1. The summed E-state index contributed by atoms with van der Waals surface area (Å²) in [5.41, 5.74) is 9.35. The first kappa shape index (κ1) is 16.5. The van der Waals surface area contributed by atoms with E-state index in [1.165, 1.54) is 36.0 Å². The van der Waals surface area contributed by atoms with Crippen LogP contribution in [0, 0.1) is 0 Å². The van der Waals surface area contributed by atoms with Gasteiger partial charge in [-0.15, -0.1) is 0 Å². The summed E-state index contributed by atoms with van der Waals surface area (Å²) in [7, 11) is -3.73. The van der Waals surface area contributed by atoms with Crippen LogP contribution in [0.2, 0.25) is 0 Å². The quantitative estimate of drug-likeness (QED) is 0.641. The molecular formula is C15H15N5O2S2. The van der Waals surface area contributed by atoms with E-state index in [-0.39, 0.29) is 16.2 Å². The largest absolute Gasteiger partial charge is 0.368 e. The lowest BCUT2D eigenvalue weighted by Gasteiger charge is -2.21. The zero-order valence-corrected chi connectivity index (χ0v) is 14.1. The highest BCUT2D eigenvalue weighted by atomic mass is 32.2. The van der Waals surface area contributed by atoms with Gasteiger partial charge in [-0.1, -0.05) is 42.1 Å². The summed E-state index contributed by atoms with van der Waals surface area (Å²) < 4.78 is 22.5. The fraction of sp³-hybridized carbons (Fsp3) is 0.0667. The molecule has 124 valence electrons. The number of aliphatic imine (C=N–C) groups is 1. The van der Waals surface area contributed by atoms with Gasteiger partial charge in [0.1, 0.15) is 5.37 Å². The Morgan fingerprint density at radius 2 is 1.79 bits per heavy atom. The first-order valence-electron chi connectivity index (χ1n) is 6.94. The molecule has 1 unspecified atom stereocenters. The molecule has 7 nitrogen and oxygen atoms in total. The molecule has 24 heavy (non-hydrogen) atoms. The Hall–Kier alpha value is -2.36. The van der Waals surface area contributed by atoms with Crippen LogP contribution in [0.5, 0.6) is 0 Å². The molecular weight excluding hydrogens is 346 g/mol. The molecule has 0 saturated carbocycles. The van der Waals surface area contributed by atoms with E-state index in [1.54, 1.807) is 10.6 Å². The van der Waals surface area contributed by atoms with Crippen molar-refractivity contribution in [2.45, 2.75) is 10.3 Å². The zero-order chi connectivity index (χ0) is 17.2. The van der Waals surface area contributed by atoms with Crippen molar-refractivity contribution in [2.24, 2.45) is 21.0 Å². The standard InChI is InChI=1S/C15H15N5O2S2/c16-15(19-12-6-8-13(9-7-12)24(17,21)22)20-14(23-10-18-20)11-4-2-1-3-5-11/h1-10,14H,(H2,16,19)(H2,17,21,22). The highest BCUT2D eigenvalue weighted by molar-refractivity contribution is 8.12. The van der Waals surface area contributed by atoms with Gasteiger partial charge in [0.15, 0.2) is 0 Å². The highest BCUT2D eigenvalue weighted by Crippen LogP contribution is 2.35. The summed E-state index contributed by atoms with van der Waals surface area (Å²) in [5, 5.41) is 10.9. The van der Waals surface area contributed by atoms with Gasteiger partial charge >= 0.3 is 0 Å². The van der Waals surface area contributed by atoms with Crippen LogP contribution in [0.4, 0.5) is 5.69 Å². The number of hydrogen-bond acceptors (Lipinski definition) is 5. The molecule has 0 saturated heterocycles. The Morgan fingerprint density at radius 3 is 2.42 bits per heavy atom. The van der Waals surface area contributed by atoms with Gasteiger partial charge in [-0.25, -0.2) is 23.6 Å². The molecule has 1 atom stereocenters. The van der Waals surface area contributed by atoms with Gasteiger partial charge in [0, 0.05) is 0 Å². The number of rotatable bonds is 3. The number of primary sulfonamides is 1. The molecule has 0 aliphatic carbocycles. The van der Waals surface area contributed by atoms with Crippen molar-refractivity contribution in [3.63, 3.8) is 0 Å². The number of nitrogens with zero attached hydrogens (tertiary/aromatic N) is 3. The van der Waals surface area contributed by atoms with Crippen molar-refractivity contribution in [2.75, 3.05) is 0 Å². The fourth-order valence-corrected chi connectivity index (χ4v) is 3.54. The smallest absolute Gasteiger partial charge is 0.238 e. The molecule has 1 heterocycles. The van der Waals surface area contributed by atoms with Gasteiger partial charge in [0.05, 0.1) is 16.1 Å². The molecule has 4 N–H and O–H groups in total. The monoisotopic (exact) mass is 361 g/mol. The van der Waals surface area contributed by atoms with E-state index in [0.29, 0.717) is 5.69 Å². The number of hydrogen-bond donors (Lipinski definition) is 2. The Balaban J connectivity index is 1.83. The van der Waals surface area contributed by atoms with E-state index >= 15 is 0 Å². The van der Waals surface area contributed by atoms with Crippen LogP contribution in [0.25, 0.3) is 0 Å².